The van der Waals surface area contributed by atoms with Crippen molar-refractivity contribution in [2.45, 2.75) is 44.8 Å². The van der Waals surface area contributed by atoms with E-state index in [1.807, 2.05) is 48.5 Å². The van der Waals surface area contributed by atoms with Crippen LogP contribution in [0.5, 0.6) is 0 Å². The standard InChI is InChI=1S/C27H26BrNO3/c1-26(2,3)20-12-10-19(11-13-20)24(30)16-27(32)22-6-4-5-7-23(22)29(25(27)31)17-18-8-14-21(28)15-9-18/h4-15,32H,16-17H2,1-3H3/t27-/m0/s1. The van der Waals surface area contributed by atoms with Gasteiger partial charge in [0.05, 0.1) is 18.7 Å². The number of amides is 1. The molecular formula is C27H26BrNO3. The van der Waals surface area contributed by atoms with Crippen molar-refractivity contribution >= 4 is 33.3 Å². The quantitative estimate of drug-likeness (QED) is 0.462. The normalized spacial score (nSPS) is 18.0. The van der Waals surface area contributed by atoms with Crippen LogP contribution in [0.3, 0.4) is 0 Å². The molecule has 0 aromatic heterocycles. The monoisotopic (exact) mass is 491 g/mol. The molecule has 0 bridgehead atoms. The number of carbonyl (C=O) groups is 2. The van der Waals surface area contributed by atoms with E-state index in [0.717, 1.165) is 15.6 Å². The summed E-state index contributed by atoms with van der Waals surface area (Å²) >= 11 is 3.42. The van der Waals surface area contributed by atoms with Crippen molar-refractivity contribution in [3.8, 4) is 0 Å². The Bertz CT molecular complexity index is 1160. The Labute approximate surface area is 197 Å². The molecule has 1 aliphatic rings. The third-order valence-electron chi connectivity index (χ3n) is 5.98. The summed E-state index contributed by atoms with van der Waals surface area (Å²) in [6.45, 7) is 6.65. The summed E-state index contributed by atoms with van der Waals surface area (Å²) in [5, 5.41) is 11.5. The fourth-order valence-electron chi connectivity index (χ4n) is 4.10. The van der Waals surface area contributed by atoms with Gasteiger partial charge < -0.3 is 10.0 Å². The number of ketones is 1. The fourth-order valence-corrected chi connectivity index (χ4v) is 4.36. The van der Waals surface area contributed by atoms with Crippen LogP contribution in [-0.2, 0) is 22.4 Å². The Balaban J connectivity index is 1.62. The van der Waals surface area contributed by atoms with Crippen molar-refractivity contribution < 1.29 is 14.7 Å². The van der Waals surface area contributed by atoms with E-state index >= 15 is 0 Å². The molecule has 0 unspecified atom stereocenters. The second-order valence-corrected chi connectivity index (χ2v) is 10.2. The van der Waals surface area contributed by atoms with Gasteiger partial charge in [-0.2, -0.15) is 0 Å². The number of halogens is 1. The van der Waals surface area contributed by atoms with Crippen molar-refractivity contribution in [3.63, 3.8) is 0 Å². The average Bonchev–Trinajstić information content (AvgIpc) is 2.97. The van der Waals surface area contributed by atoms with Crippen molar-refractivity contribution in [3.05, 3.63) is 99.5 Å². The number of anilines is 1. The van der Waals surface area contributed by atoms with Gasteiger partial charge in [-0.3, -0.25) is 9.59 Å². The maximum Gasteiger partial charge on any atom is 0.264 e. The zero-order chi connectivity index (χ0) is 23.1. The summed E-state index contributed by atoms with van der Waals surface area (Å²) < 4.78 is 0.953. The van der Waals surface area contributed by atoms with Gasteiger partial charge >= 0.3 is 0 Å². The highest BCUT2D eigenvalue weighted by Gasteiger charge is 2.50. The highest BCUT2D eigenvalue weighted by atomic mass is 79.9. The highest BCUT2D eigenvalue weighted by molar-refractivity contribution is 9.10. The molecule has 0 fully saturated rings. The summed E-state index contributed by atoms with van der Waals surface area (Å²) in [6.07, 6.45) is -0.297. The molecule has 0 saturated heterocycles. The van der Waals surface area contributed by atoms with E-state index in [4.69, 9.17) is 0 Å². The Kier molecular flexibility index (Phi) is 5.82. The molecular weight excluding hydrogens is 466 g/mol. The van der Waals surface area contributed by atoms with Crippen molar-refractivity contribution in [1.82, 2.24) is 0 Å². The maximum absolute atomic E-state index is 13.4. The minimum absolute atomic E-state index is 0.0202. The first-order chi connectivity index (χ1) is 15.1. The molecule has 4 nitrogen and oxygen atoms in total. The van der Waals surface area contributed by atoms with E-state index in [-0.39, 0.29) is 17.6 Å². The van der Waals surface area contributed by atoms with E-state index in [1.165, 1.54) is 0 Å². The number of fused-ring (bicyclic) bond motifs is 1. The van der Waals surface area contributed by atoms with Crippen LogP contribution >= 0.6 is 15.9 Å². The van der Waals surface area contributed by atoms with Gasteiger partial charge in [0.15, 0.2) is 11.4 Å². The number of Topliss-reactive ketones (excluding diaryl/α,β-unsaturated/α-hetero) is 1. The minimum Gasteiger partial charge on any atom is -0.375 e. The van der Waals surface area contributed by atoms with Crippen LogP contribution in [0.1, 0.15) is 54.2 Å². The van der Waals surface area contributed by atoms with Crippen LogP contribution in [0, 0.1) is 0 Å². The van der Waals surface area contributed by atoms with Gasteiger partial charge in [0.1, 0.15) is 0 Å². The molecule has 164 valence electrons. The van der Waals surface area contributed by atoms with Gasteiger partial charge in [-0.25, -0.2) is 0 Å². The number of carbonyl (C=O) groups excluding carboxylic acids is 2. The molecule has 4 rings (SSSR count). The molecule has 0 aliphatic carbocycles. The maximum atomic E-state index is 13.4. The van der Waals surface area contributed by atoms with E-state index in [9.17, 15) is 14.7 Å². The molecule has 3 aromatic carbocycles. The molecule has 5 heteroatoms. The molecule has 1 amide bonds. The molecule has 1 atom stereocenters. The van der Waals surface area contributed by atoms with E-state index < -0.39 is 11.5 Å². The van der Waals surface area contributed by atoms with Crippen LogP contribution < -0.4 is 4.90 Å². The topological polar surface area (TPSA) is 57.6 Å². The van der Waals surface area contributed by atoms with Gasteiger partial charge in [0, 0.05) is 15.6 Å². The smallest absolute Gasteiger partial charge is 0.264 e. The summed E-state index contributed by atoms with van der Waals surface area (Å²) in [7, 11) is 0. The van der Waals surface area contributed by atoms with Crippen LogP contribution in [0.15, 0.2) is 77.3 Å². The summed E-state index contributed by atoms with van der Waals surface area (Å²) in [5.74, 6) is -0.733. The largest absolute Gasteiger partial charge is 0.375 e. The second-order valence-electron chi connectivity index (χ2n) is 9.32. The van der Waals surface area contributed by atoms with E-state index in [2.05, 4.69) is 36.7 Å². The number of nitrogens with zero attached hydrogens (tertiary/aromatic N) is 1. The Morgan fingerprint density at radius 3 is 2.22 bits per heavy atom. The third-order valence-corrected chi connectivity index (χ3v) is 6.51. The van der Waals surface area contributed by atoms with Crippen LogP contribution in [-0.4, -0.2) is 16.8 Å². The molecule has 0 spiro atoms. The summed E-state index contributed by atoms with van der Waals surface area (Å²) in [4.78, 5) is 28.1. The zero-order valence-corrected chi connectivity index (χ0v) is 20.0. The lowest BCUT2D eigenvalue weighted by molar-refractivity contribution is -0.136. The first kappa shape index (κ1) is 22.4. The Hall–Kier alpha value is -2.76. The number of benzene rings is 3. The number of para-hydroxylation sites is 1. The van der Waals surface area contributed by atoms with Crippen LogP contribution in [0.25, 0.3) is 0 Å². The number of aliphatic hydroxyl groups is 1. The Morgan fingerprint density at radius 1 is 0.969 bits per heavy atom. The highest BCUT2D eigenvalue weighted by Crippen LogP contribution is 2.43. The molecule has 32 heavy (non-hydrogen) atoms. The van der Waals surface area contributed by atoms with Gasteiger partial charge in [0.25, 0.3) is 5.91 Å². The first-order valence-electron chi connectivity index (χ1n) is 10.6. The lowest BCUT2D eigenvalue weighted by Gasteiger charge is -2.23. The second kappa shape index (κ2) is 8.30. The predicted molar refractivity (Wildman–Crippen MR) is 130 cm³/mol. The summed E-state index contributed by atoms with van der Waals surface area (Å²) in [6, 6.07) is 22.3. The lowest BCUT2D eigenvalue weighted by atomic mass is 9.85. The lowest BCUT2D eigenvalue weighted by Crippen LogP contribution is -2.41. The van der Waals surface area contributed by atoms with Crippen LogP contribution in [0.2, 0.25) is 0 Å². The van der Waals surface area contributed by atoms with Gasteiger partial charge in [-0.1, -0.05) is 91.3 Å². The molecule has 0 radical (unpaired) electrons. The van der Waals surface area contributed by atoms with Gasteiger partial charge in [0.2, 0.25) is 0 Å². The molecule has 1 N–H and O–H groups in total. The van der Waals surface area contributed by atoms with E-state index in [0.29, 0.717) is 23.4 Å². The third kappa shape index (κ3) is 4.15. The number of hydrogen-bond acceptors (Lipinski definition) is 3. The molecule has 0 saturated carbocycles. The SMILES string of the molecule is CC(C)(C)c1ccc(C(=O)C[C@@]2(O)C(=O)N(Cc3ccc(Br)cc3)c3ccccc32)cc1. The predicted octanol–water partition coefficient (Wildman–Crippen LogP) is 5.75. The Morgan fingerprint density at radius 2 is 1.59 bits per heavy atom. The van der Waals surface area contributed by atoms with Crippen molar-refractivity contribution in [2.75, 3.05) is 4.90 Å². The minimum atomic E-state index is -1.88. The summed E-state index contributed by atoms with van der Waals surface area (Å²) in [5.41, 5.74) is 1.75. The van der Waals surface area contributed by atoms with Crippen molar-refractivity contribution in [1.29, 1.82) is 0 Å². The van der Waals surface area contributed by atoms with Gasteiger partial charge in [-0.15, -0.1) is 0 Å². The van der Waals surface area contributed by atoms with Gasteiger partial charge in [-0.05, 0) is 34.7 Å². The number of rotatable bonds is 5. The first-order valence-corrected chi connectivity index (χ1v) is 11.4. The fraction of sp³-hybridized carbons (Fsp3) is 0.259. The molecule has 1 heterocycles. The average molecular weight is 492 g/mol. The van der Waals surface area contributed by atoms with Crippen LogP contribution in [0.4, 0.5) is 5.69 Å². The van der Waals surface area contributed by atoms with E-state index in [1.54, 1.807) is 29.2 Å². The molecule has 1 aliphatic heterocycles. The van der Waals surface area contributed by atoms with Crippen molar-refractivity contribution in [2.24, 2.45) is 0 Å². The number of hydrogen-bond donors (Lipinski definition) is 1. The zero-order valence-electron chi connectivity index (χ0n) is 18.4. The molecule has 3 aromatic rings.